The zero-order valence-corrected chi connectivity index (χ0v) is 11.4. The molecule has 1 amide bonds. The minimum Gasteiger partial charge on any atom is -0.464 e. The Morgan fingerprint density at radius 1 is 1.30 bits per heavy atom. The number of rotatable bonds is 7. The predicted octanol–water partition coefficient (Wildman–Crippen LogP) is 0.968. The Morgan fingerprint density at radius 2 is 1.95 bits per heavy atom. The molecular formula is C14H17NO5. The van der Waals surface area contributed by atoms with Crippen LogP contribution in [0, 0.1) is 0 Å². The first kappa shape index (κ1) is 15.7. The second-order valence-electron chi connectivity index (χ2n) is 3.95. The van der Waals surface area contributed by atoms with Crippen LogP contribution in [-0.4, -0.2) is 31.0 Å². The molecule has 108 valence electrons. The summed E-state index contributed by atoms with van der Waals surface area (Å²) in [7, 11) is 0. The third-order valence-electron chi connectivity index (χ3n) is 2.51. The molecule has 0 heterocycles. The number of carbonyl (C=O) groups excluding carboxylic acids is 3. The number of amides is 1. The molecule has 0 aromatic heterocycles. The van der Waals surface area contributed by atoms with Crippen molar-refractivity contribution in [1.82, 2.24) is 5.32 Å². The molecule has 6 heteroatoms. The Hall–Kier alpha value is -2.37. The fourth-order valence-electron chi connectivity index (χ4n) is 1.73. The Kier molecular flexibility index (Phi) is 6.22. The molecule has 0 unspecified atom stereocenters. The maximum Gasteiger partial charge on any atom is 0.332 e. The van der Waals surface area contributed by atoms with Gasteiger partial charge in [0.25, 0.3) is 0 Å². The average molecular weight is 279 g/mol. The first-order valence-electron chi connectivity index (χ1n) is 6.18. The van der Waals surface area contributed by atoms with Crippen LogP contribution in [0.2, 0.25) is 0 Å². The lowest BCUT2D eigenvalue weighted by Crippen LogP contribution is -2.43. The van der Waals surface area contributed by atoms with Gasteiger partial charge in [0.2, 0.25) is 6.41 Å². The van der Waals surface area contributed by atoms with Crippen LogP contribution in [0.4, 0.5) is 0 Å². The third-order valence-corrected chi connectivity index (χ3v) is 2.51. The predicted molar refractivity (Wildman–Crippen MR) is 70.6 cm³/mol. The van der Waals surface area contributed by atoms with Gasteiger partial charge >= 0.3 is 11.9 Å². The van der Waals surface area contributed by atoms with E-state index in [0.29, 0.717) is 12.0 Å². The van der Waals surface area contributed by atoms with Crippen molar-refractivity contribution in [3.8, 4) is 0 Å². The van der Waals surface area contributed by atoms with Crippen LogP contribution >= 0.6 is 0 Å². The Balaban J connectivity index is 3.07. The van der Waals surface area contributed by atoms with E-state index < -0.39 is 24.1 Å². The number of esters is 2. The molecule has 0 saturated carbocycles. The average Bonchev–Trinajstić information content (AvgIpc) is 2.43. The van der Waals surface area contributed by atoms with E-state index in [1.54, 1.807) is 37.3 Å². The van der Waals surface area contributed by atoms with Crippen molar-refractivity contribution in [1.29, 1.82) is 0 Å². The van der Waals surface area contributed by atoms with Crippen LogP contribution in [0.25, 0.3) is 0 Å². The van der Waals surface area contributed by atoms with Crippen LogP contribution in [0.15, 0.2) is 30.3 Å². The molecule has 1 aromatic carbocycles. The number of hydrogen-bond donors (Lipinski definition) is 1. The summed E-state index contributed by atoms with van der Waals surface area (Å²) < 4.78 is 10.0. The normalized spacial score (nSPS) is 12.9. The summed E-state index contributed by atoms with van der Waals surface area (Å²) in [4.78, 5) is 33.8. The maximum absolute atomic E-state index is 11.9. The largest absolute Gasteiger partial charge is 0.464 e. The molecule has 1 rings (SSSR count). The van der Waals surface area contributed by atoms with Crippen molar-refractivity contribution in [2.24, 2.45) is 0 Å². The van der Waals surface area contributed by atoms with Gasteiger partial charge in [0.15, 0.2) is 12.1 Å². The van der Waals surface area contributed by atoms with Gasteiger partial charge in [0.05, 0.1) is 6.61 Å². The molecule has 0 spiro atoms. The van der Waals surface area contributed by atoms with Gasteiger partial charge in [-0.15, -0.1) is 0 Å². The number of ether oxygens (including phenoxy) is 2. The number of nitrogens with one attached hydrogen (secondary N) is 1. The van der Waals surface area contributed by atoms with Crippen LogP contribution in [0.1, 0.15) is 25.5 Å². The molecule has 6 nitrogen and oxygen atoms in total. The first-order valence-corrected chi connectivity index (χ1v) is 6.18. The Bertz CT molecular complexity index is 460. The second kappa shape index (κ2) is 7.93. The molecule has 1 N–H and O–H groups in total. The van der Waals surface area contributed by atoms with Gasteiger partial charge in [0.1, 0.15) is 0 Å². The van der Waals surface area contributed by atoms with E-state index in [4.69, 9.17) is 9.47 Å². The molecule has 20 heavy (non-hydrogen) atoms. The van der Waals surface area contributed by atoms with Crippen LogP contribution in [-0.2, 0) is 23.9 Å². The summed E-state index contributed by atoms with van der Waals surface area (Å²) >= 11 is 0. The summed E-state index contributed by atoms with van der Waals surface area (Å²) in [5.74, 6) is -1.21. The first-order chi connectivity index (χ1) is 9.60. The van der Waals surface area contributed by atoms with Gasteiger partial charge in [-0.1, -0.05) is 30.3 Å². The highest BCUT2D eigenvalue weighted by molar-refractivity contribution is 5.80. The lowest BCUT2D eigenvalue weighted by Gasteiger charge is -2.24. The van der Waals surface area contributed by atoms with E-state index in [-0.39, 0.29) is 6.61 Å². The van der Waals surface area contributed by atoms with E-state index in [2.05, 4.69) is 5.32 Å². The summed E-state index contributed by atoms with van der Waals surface area (Å²) in [5, 5.41) is 2.34. The van der Waals surface area contributed by atoms with E-state index in [1.807, 2.05) is 0 Å². The van der Waals surface area contributed by atoms with Gasteiger partial charge in [-0.25, -0.2) is 4.79 Å². The zero-order chi connectivity index (χ0) is 15.0. The number of benzene rings is 1. The van der Waals surface area contributed by atoms with Crippen molar-refractivity contribution in [3.63, 3.8) is 0 Å². The highest BCUT2D eigenvalue weighted by atomic mass is 16.6. The van der Waals surface area contributed by atoms with Crippen molar-refractivity contribution < 1.29 is 23.9 Å². The molecule has 0 saturated heterocycles. The van der Waals surface area contributed by atoms with E-state index >= 15 is 0 Å². The molecule has 0 aliphatic heterocycles. The highest BCUT2D eigenvalue weighted by Gasteiger charge is 2.33. The summed E-state index contributed by atoms with van der Waals surface area (Å²) in [6.07, 6.45) is -0.556. The van der Waals surface area contributed by atoms with Crippen molar-refractivity contribution in [2.45, 2.75) is 26.0 Å². The lowest BCUT2D eigenvalue weighted by molar-refractivity contribution is -0.158. The summed E-state index contributed by atoms with van der Waals surface area (Å²) in [6, 6.07) is 7.60. The van der Waals surface area contributed by atoms with Gasteiger partial charge in [-0.3, -0.25) is 9.59 Å². The van der Waals surface area contributed by atoms with E-state index in [9.17, 15) is 14.4 Å². The molecule has 0 fully saturated rings. The highest BCUT2D eigenvalue weighted by Crippen LogP contribution is 2.22. The molecule has 0 aliphatic rings. The zero-order valence-electron chi connectivity index (χ0n) is 11.4. The fourth-order valence-corrected chi connectivity index (χ4v) is 1.73. The Labute approximate surface area is 117 Å². The minimum atomic E-state index is -1.08. The van der Waals surface area contributed by atoms with Crippen LogP contribution in [0.3, 0.4) is 0 Å². The van der Waals surface area contributed by atoms with Gasteiger partial charge in [-0.05, 0) is 12.5 Å². The van der Waals surface area contributed by atoms with Crippen molar-refractivity contribution >= 4 is 18.3 Å². The van der Waals surface area contributed by atoms with E-state index in [0.717, 1.165) is 0 Å². The molecule has 0 radical (unpaired) electrons. The standard InChI is InChI=1S/C14H17NO5/c1-3-19-14(18)12(15-9-16)13(20-10(2)17)11-7-5-4-6-8-11/h4-9,12-13H,3H2,1-2H3,(H,15,16)/t12-,13-/m0/s1. The monoisotopic (exact) mass is 279 g/mol. The van der Waals surface area contributed by atoms with Gasteiger partial charge in [-0.2, -0.15) is 0 Å². The quantitative estimate of drug-likeness (QED) is 0.594. The molecule has 0 bridgehead atoms. The third kappa shape index (κ3) is 4.38. The molecule has 2 atom stereocenters. The van der Waals surface area contributed by atoms with Gasteiger partial charge in [0, 0.05) is 6.92 Å². The van der Waals surface area contributed by atoms with Gasteiger partial charge < -0.3 is 14.8 Å². The number of hydrogen-bond acceptors (Lipinski definition) is 5. The lowest BCUT2D eigenvalue weighted by atomic mass is 10.0. The smallest absolute Gasteiger partial charge is 0.332 e. The Morgan fingerprint density at radius 3 is 2.45 bits per heavy atom. The van der Waals surface area contributed by atoms with Crippen LogP contribution in [0.5, 0.6) is 0 Å². The molecule has 0 aliphatic carbocycles. The van der Waals surface area contributed by atoms with Crippen LogP contribution < -0.4 is 5.32 Å². The second-order valence-corrected chi connectivity index (χ2v) is 3.95. The number of carbonyl (C=O) groups is 3. The summed E-state index contributed by atoms with van der Waals surface area (Å²) in [6.45, 7) is 3.05. The van der Waals surface area contributed by atoms with E-state index in [1.165, 1.54) is 6.92 Å². The maximum atomic E-state index is 11.9. The van der Waals surface area contributed by atoms with Crippen molar-refractivity contribution in [3.05, 3.63) is 35.9 Å². The molecule has 1 aromatic rings. The van der Waals surface area contributed by atoms with Crippen molar-refractivity contribution in [2.75, 3.05) is 6.61 Å². The minimum absolute atomic E-state index is 0.164. The fraction of sp³-hybridized carbons (Fsp3) is 0.357. The molecular weight excluding hydrogens is 262 g/mol. The topological polar surface area (TPSA) is 81.7 Å². The summed E-state index contributed by atoms with van der Waals surface area (Å²) in [5.41, 5.74) is 0.593. The SMILES string of the molecule is CCOC(=O)[C@@H](NC=O)[C@@H](OC(C)=O)c1ccccc1.